The van der Waals surface area contributed by atoms with Crippen LogP contribution < -0.4 is 10.0 Å². The van der Waals surface area contributed by atoms with Crippen molar-refractivity contribution in [2.45, 2.75) is 56.5 Å². The number of hydrogen-bond donors (Lipinski definition) is 2. The van der Waals surface area contributed by atoms with Gasteiger partial charge in [0.1, 0.15) is 0 Å². The lowest BCUT2D eigenvalue weighted by Crippen LogP contribution is -2.42. The molecule has 0 aliphatic heterocycles. The number of sulfonamides is 1. The molecular formula is C20H30N2O6S. The first-order valence-corrected chi connectivity index (χ1v) is 11.3. The quantitative estimate of drug-likeness (QED) is 0.583. The molecule has 0 radical (unpaired) electrons. The van der Waals surface area contributed by atoms with Crippen molar-refractivity contribution in [3.63, 3.8) is 0 Å². The van der Waals surface area contributed by atoms with E-state index in [9.17, 15) is 18.0 Å². The fourth-order valence-corrected chi connectivity index (χ4v) is 4.61. The van der Waals surface area contributed by atoms with Gasteiger partial charge in [-0.25, -0.2) is 17.9 Å². The van der Waals surface area contributed by atoms with E-state index in [0.29, 0.717) is 5.92 Å². The highest BCUT2D eigenvalue weighted by atomic mass is 32.2. The zero-order chi connectivity index (χ0) is 21.4. The molecule has 162 valence electrons. The molecule has 1 saturated carbocycles. The summed E-state index contributed by atoms with van der Waals surface area (Å²) < 4.78 is 37.0. The van der Waals surface area contributed by atoms with E-state index in [1.807, 2.05) is 0 Å². The molecule has 3 atom stereocenters. The number of hydrogen-bond acceptors (Lipinski definition) is 6. The van der Waals surface area contributed by atoms with Gasteiger partial charge in [0.05, 0.1) is 17.1 Å². The van der Waals surface area contributed by atoms with E-state index in [1.54, 1.807) is 6.92 Å². The Kier molecular flexibility index (Phi) is 8.60. The number of ether oxygens (including phenoxy) is 2. The molecule has 1 aromatic carbocycles. The van der Waals surface area contributed by atoms with Gasteiger partial charge in [0.25, 0.3) is 5.91 Å². The van der Waals surface area contributed by atoms with Crippen molar-refractivity contribution in [1.82, 2.24) is 10.0 Å². The molecule has 2 N–H and O–H groups in total. The average molecular weight is 427 g/mol. The van der Waals surface area contributed by atoms with Crippen LogP contribution in [0.1, 0.15) is 49.9 Å². The minimum absolute atomic E-state index is 0.0287. The third-order valence-corrected chi connectivity index (χ3v) is 6.57. The average Bonchev–Trinajstić information content (AvgIpc) is 2.68. The Bertz CT molecular complexity index is 794. The third-order valence-electron chi connectivity index (χ3n) is 4.97. The molecule has 29 heavy (non-hydrogen) atoms. The van der Waals surface area contributed by atoms with Crippen LogP contribution in [0.2, 0.25) is 0 Å². The van der Waals surface area contributed by atoms with E-state index >= 15 is 0 Å². The lowest BCUT2D eigenvalue weighted by molar-refractivity contribution is -0.125. The Labute approximate surface area is 172 Å². The highest BCUT2D eigenvalue weighted by Crippen LogP contribution is 2.23. The molecule has 1 aromatic rings. The van der Waals surface area contributed by atoms with Crippen LogP contribution in [0.3, 0.4) is 0 Å². The predicted octanol–water partition coefficient (Wildman–Crippen LogP) is 1.85. The number of rotatable bonds is 9. The molecule has 0 bridgehead atoms. The molecule has 2 rings (SSSR count). The van der Waals surface area contributed by atoms with Gasteiger partial charge in [0.15, 0.2) is 6.61 Å². The molecule has 0 unspecified atom stereocenters. The van der Waals surface area contributed by atoms with Crippen LogP contribution in [0.5, 0.6) is 0 Å². The lowest BCUT2D eigenvalue weighted by Gasteiger charge is -2.29. The maximum Gasteiger partial charge on any atom is 0.338 e. The summed E-state index contributed by atoms with van der Waals surface area (Å²) in [5.74, 6) is -0.591. The van der Waals surface area contributed by atoms with Gasteiger partial charge in [0, 0.05) is 19.2 Å². The molecule has 9 heteroatoms. The Morgan fingerprint density at radius 2 is 1.83 bits per heavy atom. The number of benzene rings is 1. The zero-order valence-corrected chi connectivity index (χ0v) is 18.0. The minimum Gasteiger partial charge on any atom is -0.452 e. The molecule has 0 spiro atoms. The van der Waals surface area contributed by atoms with Gasteiger partial charge in [-0.3, -0.25) is 4.79 Å². The monoisotopic (exact) mass is 426 g/mol. The summed E-state index contributed by atoms with van der Waals surface area (Å²) in [6.07, 6.45) is 4.28. The van der Waals surface area contributed by atoms with Crippen LogP contribution in [-0.2, 0) is 24.3 Å². The van der Waals surface area contributed by atoms with Crippen LogP contribution in [0.4, 0.5) is 0 Å². The highest BCUT2D eigenvalue weighted by Gasteiger charge is 2.23. The van der Waals surface area contributed by atoms with Crippen molar-refractivity contribution in [3.05, 3.63) is 29.8 Å². The van der Waals surface area contributed by atoms with Crippen LogP contribution in [-0.4, -0.2) is 52.7 Å². The fourth-order valence-electron chi connectivity index (χ4n) is 3.38. The van der Waals surface area contributed by atoms with Crippen LogP contribution in [0.25, 0.3) is 0 Å². The normalized spacial score (nSPS) is 20.7. The number of amides is 1. The molecule has 8 nitrogen and oxygen atoms in total. The maximum atomic E-state index is 12.3. The van der Waals surface area contributed by atoms with Crippen molar-refractivity contribution in [3.8, 4) is 0 Å². The van der Waals surface area contributed by atoms with Gasteiger partial charge in [-0.15, -0.1) is 0 Å². The summed E-state index contributed by atoms with van der Waals surface area (Å²) in [6.45, 7) is 3.67. The summed E-state index contributed by atoms with van der Waals surface area (Å²) in [7, 11) is -2.23. The second-order valence-corrected chi connectivity index (χ2v) is 9.23. The van der Waals surface area contributed by atoms with Gasteiger partial charge >= 0.3 is 5.97 Å². The standard InChI is InChI=1S/C20H30N2O6S/c1-14-6-4-5-7-18(14)21-19(23)13-28-20(24)16-8-10-17(11-9-16)29(25,26)22-15(2)12-27-3/h8-11,14-15,18,22H,4-7,12-13H2,1-3H3,(H,21,23)/t14-,15+,18+/m1/s1. The maximum absolute atomic E-state index is 12.3. The molecular weight excluding hydrogens is 396 g/mol. The van der Waals surface area contributed by atoms with Crippen LogP contribution in [0.15, 0.2) is 29.2 Å². The number of nitrogens with one attached hydrogen (secondary N) is 2. The van der Waals surface area contributed by atoms with Gasteiger partial charge in [-0.1, -0.05) is 19.8 Å². The Balaban J connectivity index is 1.87. The molecule has 0 saturated heterocycles. The number of carbonyl (C=O) groups is 2. The fraction of sp³-hybridized carbons (Fsp3) is 0.600. The molecule has 0 aromatic heterocycles. The second kappa shape index (κ2) is 10.7. The predicted molar refractivity (Wildman–Crippen MR) is 108 cm³/mol. The molecule has 1 aliphatic rings. The number of methoxy groups -OCH3 is 1. The molecule has 1 aliphatic carbocycles. The van der Waals surface area contributed by atoms with E-state index in [1.165, 1.54) is 37.8 Å². The molecule has 1 fully saturated rings. The van der Waals surface area contributed by atoms with E-state index in [4.69, 9.17) is 9.47 Å². The summed E-state index contributed by atoms with van der Waals surface area (Å²) >= 11 is 0. The van der Waals surface area contributed by atoms with Crippen molar-refractivity contribution in [1.29, 1.82) is 0 Å². The zero-order valence-electron chi connectivity index (χ0n) is 17.1. The van der Waals surface area contributed by atoms with Gasteiger partial charge < -0.3 is 14.8 Å². The van der Waals surface area contributed by atoms with Crippen molar-refractivity contribution >= 4 is 21.9 Å². The number of esters is 1. The molecule has 0 heterocycles. The van der Waals surface area contributed by atoms with E-state index in [2.05, 4.69) is 17.0 Å². The van der Waals surface area contributed by atoms with Crippen LogP contribution in [0, 0.1) is 5.92 Å². The Hall–Kier alpha value is -1.97. The van der Waals surface area contributed by atoms with Crippen LogP contribution >= 0.6 is 0 Å². The largest absolute Gasteiger partial charge is 0.452 e. The number of carbonyl (C=O) groups excluding carboxylic acids is 2. The van der Waals surface area contributed by atoms with Gasteiger partial charge in [-0.2, -0.15) is 0 Å². The second-order valence-electron chi connectivity index (χ2n) is 7.51. The highest BCUT2D eigenvalue weighted by molar-refractivity contribution is 7.89. The van der Waals surface area contributed by atoms with Gasteiger partial charge in [-0.05, 0) is 49.9 Å². The Morgan fingerprint density at radius 1 is 1.17 bits per heavy atom. The third kappa shape index (κ3) is 7.09. The first-order chi connectivity index (χ1) is 13.7. The SMILES string of the molecule is COC[C@H](C)NS(=O)(=O)c1ccc(C(=O)OCC(=O)N[C@H]2CCCC[C@H]2C)cc1. The first-order valence-electron chi connectivity index (χ1n) is 9.80. The van der Waals surface area contributed by atoms with E-state index in [-0.39, 0.29) is 41.7 Å². The summed E-state index contributed by atoms with van der Waals surface area (Å²) in [6, 6.07) is 5.09. The molecule has 1 amide bonds. The van der Waals surface area contributed by atoms with E-state index in [0.717, 1.165) is 19.3 Å². The topological polar surface area (TPSA) is 111 Å². The Morgan fingerprint density at radius 3 is 2.45 bits per heavy atom. The summed E-state index contributed by atoms with van der Waals surface area (Å²) in [5.41, 5.74) is 0.174. The minimum atomic E-state index is -3.72. The smallest absolute Gasteiger partial charge is 0.338 e. The van der Waals surface area contributed by atoms with Crippen molar-refractivity contribution in [2.24, 2.45) is 5.92 Å². The summed E-state index contributed by atoms with van der Waals surface area (Å²) in [5, 5.41) is 2.92. The summed E-state index contributed by atoms with van der Waals surface area (Å²) in [4.78, 5) is 24.2. The van der Waals surface area contributed by atoms with Crippen molar-refractivity contribution < 1.29 is 27.5 Å². The van der Waals surface area contributed by atoms with E-state index < -0.39 is 16.0 Å². The first kappa shape index (κ1) is 23.3. The lowest BCUT2D eigenvalue weighted by atomic mass is 9.86. The van der Waals surface area contributed by atoms with Crippen molar-refractivity contribution in [2.75, 3.05) is 20.3 Å². The van der Waals surface area contributed by atoms with Gasteiger partial charge in [0.2, 0.25) is 10.0 Å².